The van der Waals surface area contributed by atoms with Crippen molar-refractivity contribution in [1.29, 1.82) is 0 Å². The van der Waals surface area contributed by atoms with Crippen LogP contribution in [0.4, 0.5) is 13.2 Å². The number of ether oxygens (including phenoxy) is 3. The van der Waals surface area contributed by atoms with E-state index in [1.807, 2.05) is 0 Å². The van der Waals surface area contributed by atoms with Crippen LogP contribution in [0.2, 0.25) is 5.02 Å². The molecule has 5 rings (SSSR count). The standard InChI is InChI=1S/C26H20ClF3N4O6/c1-26(2,37)14-4-3-5-33(24(14)35)23-21(30)22-18(11-32-23)38-6-7-39-19-9-17(20(27)25(36)34(19)22)40-12-16-15(29)8-13(28)10-31-16/h3-5,8-11,37H,6-7,12H2,1-2H3/i12D2. The molecule has 0 fully saturated rings. The van der Waals surface area contributed by atoms with Crippen LogP contribution in [0.3, 0.4) is 0 Å². The van der Waals surface area contributed by atoms with E-state index in [0.717, 1.165) is 16.8 Å². The fraction of sp³-hybridized carbons (Fsp3) is 0.231. The van der Waals surface area contributed by atoms with E-state index in [1.165, 1.54) is 32.2 Å². The Morgan fingerprint density at radius 3 is 2.62 bits per heavy atom. The molecule has 0 spiro atoms. The van der Waals surface area contributed by atoms with E-state index in [0.29, 0.717) is 16.8 Å². The van der Waals surface area contributed by atoms with Crippen molar-refractivity contribution in [3.8, 4) is 28.9 Å². The summed E-state index contributed by atoms with van der Waals surface area (Å²) in [5.41, 5.74) is -5.02. The van der Waals surface area contributed by atoms with Gasteiger partial charge in [0.05, 0.1) is 20.7 Å². The molecule has 14 heteroatoms. The highest BCUT2D eigenvalue weighted by atomic mass is 35.5. The lowest BCUT2D eigenvalue weighted by Gasteiger charge is -2.23. The van der Waals surface area contributed by atoms with E-state index in [1.54, 1.807) is 0 Å². The molecule has 0 aliphatic carbocycles. The molecule has 0 saturated carbocycles. The summed E-state index contributed by atoms with van der Waals surface area (Å²) in [6, 6.07) is 4.14. The van der Waals surface area contributed by atoms with Gasteiger partial charge in [0.15, 0.2) is 23.2 Å². The van der Waals surface area contributed by atoms with E-state index >= 15 is 4.39 Å². The summed E-state index contributed by atoms with van der Waals surface area (Å²) in [4.78, 5) is 34.0. The van der Waals surface area contributed by atoms with Gasteiger partial charge in [0, 0.05) is 23.9 Å². The largest absolute Gasteiger partial charge is 0.486 e. The second-order valence-electron chi connectivity index (χ2n) is 8.95. The van der Waals surface area contributed by atoms with Gasteiger partial charge in [0.1, 0.15) is 47.7 Å². The zero-order valence-corrected chi connectivity index (χ0v) is 21.5. The molecule has 0 saturated heterocycles. The summed E-state index contributed by atoms with van der Waals surface area (Å²) < 4.78 is 77.9. The molecule has 0 radical (unpaired) electrons. The summed E-state index contributed by atoms with van der Waals surface area (Å²) in [5.74, 6) is -5.36. The average Bonchev–Trinajstić information content (AvgIpc) is 2.88. The predicted molar refractivity (Wildman–Crippen MR) is 135 cm³/mol. The minimum absolute atomic E-state index is 0.0544. The van der Waals surface area contributed by atoms with Crippen LogP contribution in [0.5, 0.6) is 17.4 Å². The van der Waals surface area contributed by atoms with E-state index in [2.05, 4.69) is 9.97 Å². The summed E-state index contributed by atoms with van der Waals surface area (Å²) in [6.45, 7) is -0.587. The number of rotatable bonds is 5. The molecule has 208 valence electrons. The van der Waals surface area contributed by atoms with Crippen LogP contribution in [0.1, 0.15) is 27.8 Å². The molecule has 0 amide bonds. The topological polar surface area (TPSA) is 118 Å². The van der Waals surface area contributed by atoms with Crippen LogP contribution in [-0.4, -0.2) is 37.4 Å². The number of halogens is 4. The SMILES string of the molecule is [2H]C([2H])(Oc1cc2n(c(=O)c1Cl)-c1c(cnc(-n3cccc(C(C)(C)O)c3=O)c1F)OCCO2)c1ncc(F)cc1F. The molecule has 0 bridgehead atoms. The van der Waals surface area contributed by atoms with Crippen LogP contribution in [0.25, 0.3) is 11.5 Å². The highest BCUT2D eigenvalue weighted by Gasteiger charge is 2.29. The molecular weight excluding hydrogens is 557 g/mol. The van der Waals surface area contributed by atoms with E-state index in [-0.39, 0.29) is 30.4 Å². The Hall–Kier alpha value is -4.36. The van der Waals surface area contributed by atoms with Crippen molar-refractivity contribution in [2.45, 2.75) is 26.0 Å². The number of aromatic nitrogens is 4. The highest BCUT2D eigenvalue weighted by molar-refractivity contribution is 6.31. The van der Waals surface area contributed by atoms with E-state index in [4.69, 9.17) is 28.6 Å². The van der Waals surface area contributed by atoms with Crippen LogP contribution in [0, 0.1) is 17.5 Å². The van der Waals surface area contributed by atoms with Crippen molar-refractivity contribution in [3.05, 3.63) is 97.3 Å². The summed E-state index contributed by atoms with van der Waals surface area (Å²) in [6.07, 6.45) is 2.87. The molecular formula is C26H20ClF3N4O6. The Morgan fingerprint density at radius 2 is 1.90 bits per heavy atom. The van der Waals surface area contributed by atoms with Crippen LogP contribution < -0.4 is 25.3 Å². The maximum Gasteiger partial charge on any atom is 0.280 e. The third-order valence-corrected chi connectivity index (χ3v) is 6.09. The lowest BCUT2D eigenvalue weighted by atomic mass is 10.0. The van der Waals surface area contributed by atoms with Gasteiger partial charge in [0.25, 0.3) is 11.1 Å². The summed E-state index contributed by atoms with van der Waals surface area (Å²) in [5, 5.41) is 9.61. The minimum atomic E-state index is -3.04. The van der Waals surface area contributed by atoms with Gasteiger partial charge in [-0.3, -0.25) is 19.1 Å². The van der Waals surface area contributed by atoms with Gasteiger partial charge in [-0.1, -0.05) is 11.6 Å². The molecule has 1 N–H and O–H groups in total. The maximum absolute atomic E-state index is 16.2. The van der Waals surface area contributed by atoms with Crippen LogP contribution in [-0.2, 0) is 12.2 Å². The Balaban J connectivity index is 1.68. The second kappa shape index (κ2) is 10.3. The van der Waals surface area contributed by atoms with Gasteiger partial charge in [-0.05, 0) is 26.0 Å². The first-order valence-corrected chi connectivity index (χ1v) is 11.9. The van der Waals surface area contributed by atoms with Gasteiger partial charge in [-0.25, -0.2) is 22.7 Å². The van der Waals surface area contributed by atoms with Crippen molar-refractivity contribution >= 4 is 11.6 Å². The molecule has 10 nitrogen and oxygen atoms in total. The quantitative estimate of drug-likeness (QED) is 0.383. The Bertz CT molecular complexity index is 1840. The Labute approximate surface area is 231 Å². The first-order chi connectivity index (χ1) is 19.7. The van der Waals surface area contributed by atoms with Crippen molar-refractivity contribution < 1.29 is 35.2 Å². The third-order valence-electron chi connectivity index (χ3n) is 5.74. The summed E-state index contributed by atoms with van der Waals surface area (Å²) >= 11 is 6.24. The number of pyridine rings is 4. The smallest absolute Gasteiger partial charge is 0.280 e. The Kier molecular flexibility index (Phi) is 6.36. The normalized spacial score (nSPS) is 14.0. The summed E-state index contributed by atoms with van der Waals surface area (Å²) in [7, 11) is 0. The lowest BCUT2D eigenvalue weighted by molar-refractivity contribution is 0.0767. The van der Waals surface area contributed by atoms with Crippen LogP contribution >= 0.6 is 11.6 Å². The lowest BCUT2D eigenvalue weighted by Crippen LogP contribution is -2.32. The van der Waals surface area contributed by atoms with E-state index in [9.17, 15) is 23.5 Å². The van der Waals surface area contributed by atoms with Crippen molar-refractivity contribution in [2.24, 2.45) is 0 Å². The average molecular weight is 579 g/mol. The molecule has 0 atom stereocenters. The fourth-order valence-electron chi connectivity index (χ4n) is 3.89. The Morgan fingerprint density at radius 1 is 1.15 bits per heavy atom. The molecule has 0 unspecified atom stereocenters. The van der Waals surface area contributed by atoms with Gasteiger partial charge in [0.2, 0.25) is 5.88 Å². The van der Waals surface area contributed by atoms with Gasteiger partial charge >= 0.3 is 0 Å². The first-order valence-electron chi connectivity index (χ1n) is 12.6. The minimum Gasteiger partial charge on any atom is -0.486 e. The maximum atomic E-state index is 16.2. The van der Waals surface area contributed by atoms with Gasteiger partial charge < -0.3 is 19.3 Å². The zero-order valence-electron chi connectivity index (χ0n) is 22.7. The van der Waals surface area contributed by atoms with Crippen molar-refractivity contribution in [1.82, 2.24) is 19.1 Å². The van der Waals surface area contributed by atoms with Crippen molar-refractivity contribution in [3.63, 3.8) is 0 Å². The predicted octanol–water partition coefficient (Wildman–Crippen LogP) is 3.43. The molecule has 4 aromatic rings. The van der Waals surface area contributed by atoms with E-state index < -0.39 is 68.7 Å². The third kappa shape index (κ3) is 4.89. The molecule has 5 heterocycles. The molecule has 4 aromatic heterocycles. The highest BCUT2D eigenvalue weighted by Crippen LogP contribution is 2.35. The van der Waals surface area contributed by atoms with Crippen molar-refractivity contribution in [2.75, 3.05) is 13.2 Å². The number of hydrogen-bond donors (Lipinski definition) is 1. The molecule has 1 aliphatic rings. The number of nitrogens with zero attached hydrogens (tertiary/aromatic N) is 4. The number of fused-ring (bicyclic) bond motifs is 3. The monoisotopic (exact) mass is 578 g/mol. The number of aliphatic hydroxyl groups is 1. The second-order valence-corrected chi connectivity index (χ2v) is 9.33. The van der Waals surface area contributed by atoms with Gasteiger partial charge in [-0.2, -0.15) is 0 Å². The van der Waals surface area contributed by atoms with Crippen LogP contribution in [0.15, 0.2) is 52.4 Å². The number of hydrogen-bond acceptors (Lipinski definition) is 8. The zero-order chi connectivity index (χ0) is 30.6. The first kappa shape index (κ1) is 24.7. The molecule has 1 aliphatic heterocycles. The fourth-order valence-corrected chi connectivity index (χ4v) is 4.06. The van der Waals surface area contributed by atoms with Gasteiger partial charge in [-0.15, -0.1) is 0 Å². The molecule has 40 heavy (non-hydrogen) atoms. The molecule has 0 aromatic carbocycles.